The van der Waals surface area contributed by atoms with Crippen LogP contribution in [0.5, 0.6) is 0 Å². The molecule has 0 spiro atoms. The molecule has 0 aliphatic carbocycles. The Morgan fingerprint density at radius 1 is 0.169 bits per heavy atom. The Morgan fingerprint density at radius 3 is 0.477 bits per heavy atom. The van der Waals surface area contributed by atoms with Gasteiger partial charge in [0.15, 0.2) is 0 Å². The largest absolute Gasteiger partial charge is 0.394 e. The van der Waals surface area contributed by atoms with Gasteiger partial charge in [0, 0.05) is 6.61 Å². The van der Waals surface area contributed by atoms with E-state index in [0.29, 0.717) is 205 Å². The molecule has 0 unspecified atom stereocenters. The molecule has 0 atom stereocenters. The maximum absolute atomic E-state index is 8.60. The van der Waals surface area contributed by atoms with Crippen LogP contribution in [-0.4, -0.2) is 223 Å². The minimum Gasteiger partial charge on any atom is -0.394 e. The summed E-state index contributed by atoms with van der Waals surface area (Å²) in [5.74, 6) is 0. The highest BCUT2D eigenvalue weighted by Crippen LogP contribution is 2.13. The summed E-state index contributed by atoms with van der Waals surface area (Å²) in [5.41, 5.74) is 0. The lowest BCUT2D eigenvalue weighted by Gasteiger charge is -2.09. The molecule has 0 amide bonds. The van der Waals surface area contributed by atoms with Gasteiger partial charge in [-0.05, 0) is 6.42 Å². The van der Waals surface area contributed by atoms with Gasteiger partial charge in [-0.15, -0.1) is 0 Å². The molecule has 0 rings (SSSR count). The monoisotopic (exact) mass is 947 g/mol. The first-order chi connectivity index (χ1) is 32.4. The van der Waals surface area contributed by atoms with Crippen molar-refractivity contribution in [2.45, 2.75) is 96.8 Å². The molecule has 392 valence electrons. The first kappa shape index (κ1) is 64.3. The number of aliphatic hydroxyl groups is 1. The molecule has 0 aromatic heterocycles. The van der Waals surface area contributed by atoms with Gasteiger partial charge in [-0.25, -0.2) is 0 Å². The van der Waals surface area contributed by atoms with Crippen LogP contribution in [0.3, 0.4) is 0 Å². The molecule has 0 aromatic carbocycles. The van der Waals surface area contributed by atoms with Crippen molar-refractivity contribution in [2.75, 3.05) is 218 Å². The van der Waals surface area contributed by atoms with Gasteiger partial charge in [-0.3, -0.25) is 0 Å². The third-order valence-electron chi connectivity index (χ3n) is 9.46. The average Bonchev–Trinajstić information content (AvgIpc) is 3.32. The lowest BCUT2D eigenvalue weighted by molar-refractivity contribution is -0.0305. The van der Waals surface area contributed by atoms with Crippen LogP contribution in [-0.2, 0) is 75.8 Å². The summed E-state index contributed by atoms with van der Waals surface area (Å²) in [6.45, 7) is 18.9. The fourth-order valence-electron chi connectivity index (χ4n) is 5.86. The van der Waals surface area contributed by atoms with Crippen molar-refractivity contribution >= 4 is 0 Å². The summed E-state index contributed by atoms with van der Waals surface area (Å²) in [7, 11) is 0. The molecule has 0 bridgehead atoms. The molecule has 0 radical (unpaired) electrons. The van der Waals surface area contributed by atoms with Crippen LogP contribution < -0.4 is 0 Å². The summed E-state index contributed by atoms with van der Waals surface area (Å²) in [6.07, 6.45) is 19.2. The minimum atomic E-state index is 0.0228. The number of ether oxygens (including phenoxy) is 16. The van der Waals surface area contributed by atoms with Crippen LogP contribution >= 0.6 is 0 Å². The fourth-order valence-corrected chi connectivity index (χ4v) is 5.86. The van der Waals surface area contributed by atoms with Crippen molar-refractivity contribution in [2.24, 2.45) is 0 Å². The van der Waals surface area contributed by atoms with E-state index in [0.717, 1.165) is 13.0 Å². The first-order valence-electron chi connectivity index (χ1n) is 25.3. The van der Waals surface area contributed by atoms with E-state index in [1.54, 1.807) is 0 Å². The Labute approximate surface area is 395 Å². The number of aliphatic hydroxyl groups excluding tert-OH is 1. The zero-order valence-electron chi connectivity index (χ0n) is 41.2. The number of hydrogen-bond acceptors (Lipinski definition) is 17. The summed E-state index contributed by atoms with van der Waals surface area (Å²) < 4.78 is 87.8. The molecule has 17 heteroatoms. The molecule has 17 nitrogen and oxygen atoms in total. The van der Waals surface area contributed by atoms with Crippen LogP contribution in [0.1, 0.15) is 96.8 Å². The molecule has 0 heterocycles. The highest BCUT2D eigenvalue weighted by atomic mass is 16.6. The van der Waals surface area contributed by atoms with Crippen molar-refractivity contribution in [3.8, 4) is 0 Å². The van der Waals surface area contributed by atoms with Crippen molar-refractivity contribution in [3.63, 3.8) is 0 Å². The molecule has 1 N–H and O–H groups in total. The first-order valence-corrected chi connectivity index (χ1v) is 25.3. The summed E-state index contributed by atoms with van der Waals surface area (Å²) >= 11 is 0. The van der Waals surface area contributed by atoms with Gasteiger partial charge in [-0.1, -0.05) is 90.4 Å². The van der Waals surface area contributed by atoms with Gasteiger partial charge in [0.2, 0.25) is 0 Å². The number of rotatable bonds is 62. The molecule has 0 saturated heterocycles. The molecule has 0 aromatic rings. The summed E-state index contributed by atoms with van der Waals surface area (Å²) in [5, 5.41) is 8.60. The summed E-state index contributed by atoms with van der Waals surface area (Å²) in [6, 6.07) is 0. The zero-order chi connectivity index (χ0) is 46.5. The van der Waals surface area contributed by atoms with Gasteiger partial charge in [0.05, 0.1) is 211 Å². The molecule has 0 fully saturated rings. The molecule has 0 aliphatic heterocycles. The van der Waals surface area contributed by atoms with E-state index in [2.05, 4.69) is 6.92 Å². The Morgan fingerprint density at radius 2 is 0.308 bits per heavy atom. The molecule has 0 aliphatic rings. The third kappa shape index (κ3) is 63.3. The Kier molecular flexibility index (Phi) is 62.7. The standard InChI is InChI=1S/C48H98O17/c1-2-3-4-5-6-7-8-9-10-11-12-13-14-15-17-50-19-21-52-23-25-54-27-29-56-31-33-58-35-37-60-39-41-62-43-45-64-47-48-65-46-44-63-42-40-61-38-36-59-34-32-57-30-28-55-26-24-53-22-20-51-18-16-49/h49H,2-48H2,1H3. The lowest BCUT2D eigenvalue weighted by Crippen LogP contribution is -2.16. The Balaban J connectivity index is 3.06. The predicted octanol–water partition coefficient (Wildman–Crippen LogP) is 5.73. The van der Waals surface area contributed by atoms with Crippen LogP contribution in [0.15, 0.2) is 0 Å². The topological polar surface area (TPSA) is 168 Å². The van der Waals surface area contributed by atoms with Gasteiger partial charge in [-0.2, -0.15) is 0 Å². The number of hydrogen-bond donors (Lipinski definition) is 1. The Hall–Kier alpha value is -0.680. The SMILES string of the molecule is CCCCCCCCCCCCCCCCOCCOCCOCCOCCOCCOCCOCCOCCOCCOCCOCCOCCOCCOCCOCCOCCO. The second-order valence-corrected chi connectivity index (χ2v) is 15.1. The van der Waals surface area contributed by atoms with Crippen molar-refractivity contribution in [1.82, 2.24) is 0 Å². The zero-order valence-corrected chi connectivity index (χ0v) is 41.2. The molecule has 65 heavy (non-hydrogen) atoms. The van der Waals surface area contributed by atoms with Crippen molar-refractivity contribution in [3.05, 3.63) is 0 Å². The highest BCUT2D eigenvalue weighted by Gasteiger charge is 1.99. The smallest absolute Gasteiger partial charge is 0.0701 e. The summed E-state index contributed by atoms with van der Waals surface area (Å²) in [4.78, 5) is 0. The van der Waals surface area contributed by atoms with E-state index in [1.807, 2.05) is 0 Å². The van der Waals surface area contributed by atoms with E-state index in [4.69, 9.17) is 80.9 Å². The lowest BCUT2D eigenvalue weighted by atomic mass is 10.0. The maximum Gasteiger partial charge on any atom is 0.0701 e. The maximum atomic E-state index is 8.60. The number of unbranched alkanes of at least 4 members (excludes halogenated alkanes) is 13. The average molecular weight is 947 g/mol. The van der Waals surface area contributed by atoms with E-state index in [9.17, 15) is 0 Å². The second-order valence-electron chi connectivity index (χ2n) is 15.1. The quantitative estimate of drug-likeness (QED) is 0.0734. The minimum absolute atomic E-state index is 0.0228. The van der Waals surface area contributed by atoms with Crippen LogP contribution in [0.25, 0.3) is 0 Å². The molecule has 0 saturated carbocycles. The normalized spacial score (nSPS) is 11.7. The Bertz CT molecular complexity index is 745. The van der Waals surface area contributed by atoms with Gasteiger partial charge < -0.3 is 80.9 Å². The third-order valence-corrected chi connectivity index (χ3v) is 9.46. The highest BCUT2D eigenvalue weighted by molar-refractivity contribution is 4.50. The molecular formula is C48H98O17. The van der Waals surface area contributed by atoms with E-state index < -0.39 is 0 Å². The van der Waals surface area contributed by atoms with Gasteiger partial charge in [0.1, 0.15) is 0 Å². The van der Waals surface area contributed by atoms with Crippen LogP contribution in [0.2, 0.25) is 0 Å². The van der Waals surface area contributed by atoms with Crippen LogP contribution in [0.4, 0.5) is 0 Å². The van der Waals surface area contributed by atoms with Crippen LogP contribution in [0, 0.1) is 0 Å². The fraction of sp³-hybridized carbons (Fsp3) is 1.00. The van der Waals surface area contributed by atoms with Gasteiger partial charge in [0.25, 0.3) is 0 Å². The van der Waals surface area contributed by atoms with Crippen molar-refractivity contribution < 1.29 is 80.9 Å². The van der Waals surface area contributed by atoms with E-state index in [1.165, 1.54) is 83.5 Å². The van der Waals surface area contributed by atoms with Crippen molar-refractivity contribution in [1.29, 1.82) is 0 Å². The van der Waals surface area contributed by atoms with E-state index in [-0.39, 0.29) is 6.61 Å². The second kappa shape index (κ2) is 63.3. The van der Waals surface area contributed by atoms with Gasteiger partial charge >= 0.3 is 0 Å². The predicted molar refractivity (Wildman–Crippen MR) is 251 cm³/mol. The molecular weight excluding hydrogens is 849 g/mol. The van der Waals surface area contributed by atoms with E-state index >= 15 is 0 Å².